The first-order valence-electron chi connectivity index (χ1n) is 17.1. The van der Waals surface area contributed by atoms with Crippen molar-refractivity contribution in [2.24, 2.45) is 16.7 Å². The van der Waals surface area contributed by atoms with Crippen molar-refractivity contribution in [3.8, 4) is 0 Å². The first kappa shape index (κ1) is 34.9. The van der Waals surface area contributed by atoms with Crippen molar-refractivity contribution in [3.05, 3.63) is 70.8 Å². The molecule has 2 aromatic rings. The average molecular weight is 672 g/mol. The number of alkyl halides is 3. The van der Waals surface area contributed by atoms with Crippen molar-refractivity contribution in [1.82, 2.24) is 15.1 Å². The molecule has 2 aromatic carbocycles. The van der Waals surface area contributed by atoms with Crippen LogP contribution in [0.25, 0.3) is 0 Å². The minimum absolute atomic E-state index is 0.0292. The summed E-state index contributed by atoms with van der Waals surface area (Å²) in [4.78, 5) is 27.8. The number of nitrogens with one attached hydrogen (secondary N) is 1. The quantitative estimate of drug-likeness (QED) is 0.356. The number of aliphatic hydroxyl groups excluding tert-OH is 1. The maximum atomic E-state index is 13.0. The predicted molar refractivity (Wildman–Crippen MR) is 173 cm³/mol. The lowest BCUT2D eigenvalue weighted by molar-refractivity contribution is -0.276. The fourth-order valence-corrected chi connectivity index (χ4v) is 8.89. The van der Waals surface area contributed by atoms with Crippen LogP contribution >= 0.6 is 0 Å². The number of halogens is 3. The van der Waals surface area contributed by atoms with Crippen molar-refractivity contribution in [3.63, 3.8) is 0 Å². The van der Waals surface area contributed by atoms with E-state index in [-0.39, 0.29) is 44.2 Å². The lowest BCUT2D eigenvalue weighted by Crippen LogP contribution is -2.50. The Bertz CT molecular complexity index is 1470. The largest absolute Gasteiger partial charge is 0.471 e. The second-order valence-electron chi connectivity index (χ2n) is 15.6. The predicted octanol–water partition coefficient (Wildman–Crippen LogP) is 6.04. The van der Waals surface area contributed by atoms with Crippen LogP contribution < -0.4 is 5.32 Å². The minimum atomic E-state index is -5.01. The van der Waals surface area contributed by atoms with Gasteiger partial charge in [0, 0.05) is 43.7 Å². The van der Waals surface area contributed by atoms with E-state index in [2.05, 4.69) is 37.9 Å². The van der Waals surface area contributed by atoms with Gasteiger partial charge >= 0.3 is 12.1 Å². The van der Waals surface area contributed by atoms with Gasteiger partial charge in [-0.05, 0) is 59.6 Å². The third-order valence-corrected chi connectivity index (χ3v) is 10.8. The molecule has 3 heterocycles. The molecular formula is C37H48F3N3O5. The molecule has 4 fully saturated rings. The molecule has 262 valence electrons. The Morgan fingerprint density at radius 3 is 2.31 bits per heavy atom. The van der Waals surface area contributed by atoms with Gasteiger partial charge in [-0.3, -0.25) is 14.5 Å². The number of amides is 2. The van der Waals surface area contributed by atoms with E-state index < -0.39 is 30.3 Å². The van der Waals surface area contributed by atoms with Gasteiger partial charge in [-0.15, -0.1) is 0 Å². The van der Waals surface area contributed by atoms with Crippen LogP contribution in [-0.4, -0.2) is 70.7 Å². The van der Waals surface area contributed by atoms with Gasteiger partial charge in [-0.1, -0.05) is 76.2 Å². The van der Waals surface area contributed by atoms with E-state index in [0.717, 1.165) is 35.3 Å². The van der Waals surface area contributed by atoms with Crippen LogP contribution in [0.5, 0.6) is 0 Å². The monoisotopic (exact) mass is 671 g/mol. The molecule has 0 radical (unpaired) electrons. The molecule has 8 nitrogen and oxygen atoms in total. The summed E-state index contributed by atoms with van der Waals surface area (Å²) >= 11 is 0. The number of carbonyl (C=O) groups is 2. The van der Waals surface area contributed by atoms with Crippen molar-refractivity contribution >= 4 is 11.8 Å². The van der Waals surface area contributed by atoms with Gasteiger partial charge in [0.1, 0.15) is 6.04 Å². The summed E-state index contributed by atoms with van der Waals surface area (Å²) in [6.45, 7) is 11.2. The summed E-state index contributed by atoms with van der Waals surface area (Å²) in [5.74, 6) is -2.50. The topological polar surface area (TPSA) is 91.3 Å². The normalized spacial score (nSPS) is 32.0. The smallest absolute Gasteiger partial charge is 0.392 e. The van der Waals surface area contributed by atoms with E-state index in [1.54, 1.807) is 0 Å². The molecule has 11 heteroatoms. The maximum absolute atomic E-state index is 13.0. The lowest BCUT2D eigenvalue weighted by Gasteiger charge is -2.43. The van der Waals surface area contributed by atoms with Gasteiger partial charge in [0.25, 0.3) is 0 Å². The van der Waals surface area contributed by atoms with E-state index in [1.165, 1.54) is 19.3 Å². The molecule has 0 spiro atoms. The molecule has 2 unspecified atom stereocenters. The number of rotatable bonds is 8. The van der Waals surface area contributed by atoms with Crippen LogP contribution in [0.15, 0.2) is 48.5 Å². The van der Waals surface area contributed by atoms with Crippen molar-refractivity contribution < 1.29 is 37.3 Å². The SMILES string of the molecule is C[C@H]1[C@@H](CN2CC3(C)CC2CC(C)(C)C3)O[C@@H](c2ccc(CNC(=O)[C@@H]3CCCN3C(=O)C(F)(F)F)cc2)O[C@H]1c1ccc(CO)cc1. The summed E-state index contributed by atoms with van der Waals surface area (Å²) in [6, 6.07) is 14.7. The first-order valence-corrected chi connectivity index (χ1v) is 17.1. The molecule has 2 bridgehead atoms. The second-order valence-corrected chi connectivity index (χ2v) is 15.6. The average Bonchev–Trinajstić information content (AvgIpc) is 3.61. The molecule has 2 N–H and O–H groups in total. The van der Waals surface area contributed by atoms with Crippen LogP contribution in [0.3, 0.4) is 0 Å². The molecule has 4 aliphatic rings. The van der Waals surface area contributed by atoms with Crippen LogP contribution in [-0.2, 0) is 32.2 Å². The Kier molecular flexibility index (Phi) is 9.72. The zero-order valence-corrected chi connectivity index (χ0v) is 28.3. The molecule has 3 saturated heterocycles. The third-order valence-electron chi connectivity index (χ3n) is 10.8. The van der Waals surface area contributed by atoms with Gasteiger partial charge in [0.15, 0.2) is 6.29 Å². The highest BCUT2D eigenvalue weighted by Gasteiger charge is 2.51. The van der Waals surface area contributed by atoms with Crippen molar-refractivity contribution in [1.29, 1.82) is 0 Å². The molecule has 6 rings (SSSR count). The molecule has 1 saturated carbocycles. The standard InChI is InChI=1S/C37H48F3N3O5/c1-23-30(19-42-22-36(4)17-28(42)16-35(2,3)21-36)47-33(48-31(23)26-11-9-25(20-44)10-12-26)27-13-7-24(8-14-27)18-41-32(45)29-6-5-15-43(29)34(46)37(38,39)40/h7-14,23,28-31,33,44H,5-6,15-22H2,1-4H3,(H,41,45)/t23-,28?,29-,30+,31+,33+,36?/m0/s1. The summed E-state index contributed by atoms with van der Waals surface area (Å²) in [6.07, 6.45) is -1.83. The lowest BCUT2D eigenvalue weighted by atomic mass is 9.65. The van der Waals surface area contributed by atoms with Crippen LogP contribution in [0.2, 0.25) is 0 Å². The van der Waals surface area contributed by atoms with E-state index >= 15 is 0 Å². The van der Waals surface area contributed by atoms with E-state index in [4.69, 9.17) is 9.47 Å². The number of aliphatic hydroxyl groups is 1. The van der Waals surface area contributed by atoms with Gasteiger partial charge < -0.3 is 24.8 Å². The zero-order chi connectivity index (χ0) is 34.4. The van der Waals surface area contributed by atoms with Gasteiger partial charge in [0.2, 0.25) is 5.91 Å². The van der Waals surface area contributed by atoms with E-state index in [0.29, 0.717) is 28.2 Å². The number of hydrogen-bond acceptors (Lipinski definition) is 6. The highest BCUT2D eigenvalue weighted by molar-refractivity contribution is 5.90. The third kappa shape index (κ3) is 7.44. The second kappa shape index (κ2) is 13.4. The van der Waals surface area contributed by atoms with E-state index in [9.17, 15) is 27.9 Å². The molecule has 1 aliphatic carbocycles. The summed E-state index contributed by atoms with van der Waals surface area (Å²) < 4.78 is 52.4. The molecule has 48 heavy (non-hydrogen) atoms. The Labute approximate surface area is 280 Å². The van der Waals surface area contributed by atoms with Crippen molar-refractivity contribution in [2.45, 2.75) is 110 Å². The number of ether oxygens (including phenoxy) is 2. The number of likely N-dealkylation sites (tertiary alicyclic amines) is 2. The number of carbonyl (C=O) groups excluding carboxylic acids is 2. The Morgan fingerprint density at radius 1 is 0.979 bits per heavy atom. The van der Waals surface area contributed by atoms with Crippen molar-refractivity contribution in [2.75, 3.05) is 19.6 Å². The van der Waals surface area contributed by atoms with Gasteiger partial charge in [-0.25, -0.2) is 0 Å². The van der Waals surface area contributed by atoms with Crippen LogP contribution in [0.4, 0.5) is 13.2 Å². The summed E-state index contributed by atoms with van der Waals surface area (Å²) in [5.41, 5.74) is 4.06. The minimum Gasteiger partial charge on any atom is -0.392 e. The Hall–Kier alpha value is -2.99. The maximum Gasteiger partial charge on any atom is 0.471 e. The van der Waals surface area contributed by atoms with E-state index in [1.807, 2.05) is 48.5 Å². The van der Waals surface area contributed by atoms with Gasteiger partial charge in [-0.2, -0.15) is 13.2 Å². The van der Waals surface area contributed by atoms with Gasteiger partial charge in [0.05, 0.1) is 18.8 Å². The number of hydrogen-bond donors (Lipinski definition) is 2. The highest BCUT2D eigenvalue weighted by Crippen LogP contribution is 2.53. The van der Waals surface area contributed by atoms with Crippen LogP contribution in [0, 0.1) is 16.7 Å². The fraction of sp³-hybridized carbons (Fsp3) is 0.622. The number of benzene rings is 2. The number of fused-ring (bicyclic) bond motifs is 2. The Balaban J connectivity index is 1.15. The zero-order valence-electron chi connectivity index (χ0n) is 28.3. The van der Waals surface area contributed by atoms with Crippen LogP contribution in [0.1, 0.15) is 94.4 Å². The molecule has 7 atom stereocenters. The highest BCUT2D eigenvalue weighted by atomic mass is 19.4. The fourth-order valence-electron chi connectivity index (χ4n) is 8.89. The summed E-state index contributed by atoms with van der Waals surface area (Å²) in [7, 11) is 0. The molecular weight excluding hydrogens is 623 g/mol. The molecule has 0 aromatic heterocycles. The number of nitrogens with zero attached hydrogens (tertiary/aromatic N) is 2. The summed E-state index contributed by atoms with van der Waals surface area (Å²) in [5, 5.41) is 12.3. The first-order chi connectivity index (χ1) is 22.6. The Morgan fingerprint density at radius 2 is 1.65 bits per heavy atom. The molecule has 2 amide bonds. The molecule has 3 aliphatic heterocycles.